The van der Waals surface area contributed by atoms with Crippen molar-refractivity contribution in [2.45, 2.75) is 46.1 Å². The lowest BCUT2D eigenvalue weighted by Gasteiger charge is -2.19. The normalized spacial score (nSPS) is 12.3. The second kappa shape index (κ2) is 5.20. The molecule has 0 aliphatic heterocycles. The first-order valence-corrected chi connectivity index (χ1v) is 7.66. The average Bonchev–Trinajstić information content (AvgIpc) is 2.90. The van der Waals surface area contributed by atoms with E-state index in [4.69, 9.17) is 0 Å². The molecule has 0 saturated heterocycles. The Morgan fingerprint density at radius 1 is 0.955 bits per heavy atom. The van der Waals surface area contributed by atoms with Crippen LogP contribution < -0.4 is 0 Å². The standard InChI is InChI=1S/C18H22N4/c1-12(2)22-11-21-16-15(19-10-20-17(16)22)13-6-8-14(9-7-13)18(3,4)5/h6-12H,1-5H3. The molecule has 114 valence electrons. The van der Waals surface area contributed by atoms with E-state index >= 15 is 0 Å². The van der Waals surface area contributed by atoms with Gasteiger partial charge < -0.3 is 4.57 Å². The molecule has 0 aliphatic carbocycles. The third-order valence-electron chi connectivity index (χ3n) is 3.94. The van der Waals surface area contributed by atoms with E-state index in [2.05, 4.69) is 78.4 Å². The van der Waals surface area contributed by atoms with Crippen LogP contribution in [-0.2, 0) is 5.41 Å². The monoisotopic (exact) mass is 294 g/mol. The van der Waals surface area contributed by atoms with E-state index in [0.717, 1.165) is 22.4 Å². The molecule has 0 unspecified atom stereocenters. The van der Waals surface area contributed by atoms with Crippen LogP contribution >= 0.6 is 0 Å². The van der Waals surface area contributed by atoms with Gasteiger partial charge >= 0.3 is 0 Å². The quantitative estimate of drug-likeness (QED) is 0.705. The van der Waals surface area contributed by atoms with E-state index in [1.54, 1.807) is 6.33 Å². The number of rotatable bonds is 2. The van der Waals surface area contributed by atoms with Gasteiger partial charge in [-0.3, -0.25) is 0 Å². The molecule has 0 atom stereocenters. The van der Waals surface area contributed by atoms with Crippen molar-refractivity contribution >= 4 is 11.2 Å². The minimum atomic E-state index is 0.152. The second-order valence-electron chi connectivity index (χ2n) is 6.97. The maximum atomic E-state index is 4.53. The SMILES string of the molecule is CC(C)n1cnc2c(-c3ccc(C(C)(C)C)cc3)ncnc21. The van der Waals surface area contributed by atoms with E-state index in [1.807, 2.05) is 6.33 Å². The van der Waals surface area contributed by atoms with Crippen molar-refractivity contribution < 1.29 is 0 Å². The Kier molecular flexibility index (Phi) is 3.47. The minimum Gasteiger partial charge on any atom is -0.313 e. The third kappa shape index (κ3) is 2.49. The van der Waals surface area contributed by atoms with Gasteiger partial charge in [-0.25, -0.2) is 15.0 Å². The van der Waals surface area contributed by atoms with Crippen LogP contribution in [0.1, 0.15) is 46.2 Å². The first kappa shape index (κ1) is 14.7. The molecule has 2 aromatic heterocycles. The van der Waals surface area contributed by atoms with E-state index in [1.165, 1.54) is 5.56 Å². The summed E-state index contributed by atoms with van der Waals surface area (Å²) in [7, 11) is 0. The van der Waals surface area contributed by atoms with E-state index in [9.17, 15) is 0 Å². The van der Waals surface area contributed by atoms with Gasteiger partial charge in [0.15, 0.2) is 5.65 Å². The molecule has 22 heavy (non-hydrogen) atoms. The lowest BCUT2D eigenvalue weighted by molar-refractivity contribution is 0.590. The van der Waals surface area contributed by atoms with E-state index < -0.39 is 0 Å². The Balaban J connectivity index is 2.11. The molecule has 0 amide bonds. The molecule has 3 aromatic rings. The molecule has 0 bridgehead atoms. The van der Waals surface area contributed by atoms with Crippen LogP contribution in [0.15, 0.2) is 36.9 Å². The van der Waals surface area contributed by atoms with Crippen LogP contribution in [0.2, 0.25) is 0 Å². The highest BCUT2D eigenvalue weighted by atomic mass is 15.1. The number of hydrogen-bond acceptors (Lipinski definition) is 3. The van der Waals surface area contributed by atoms with E-state index in [-0.39, 0.29) is 5.41 Å². The Bertz CT molecular complexity index is 792. The molecule has 1 aromatic carbocycles. The zero-order valence-electron chi connectivity index (χ0n) is 13.8. The Morgan fingerprint density at radius 3 is 2.23 bits per heavy atom. The summed E-state index contributed by atoms with van der Waals surface area (Å²) in [5.41, 5.74) is 5.19. The van der Waals surface area contributed by atoms with Crippen LogP contribution in [0.4, 0.5) is 0 Å². The molecule has 3 rings (SSSR count). The fourth-order valence-corrected chi connectivity index (χ4v) is 2.57. The molecule has 2 heterocycles. The first-order valence-electron chi connectivity index (χ1n) is 7.66. The predicted molar refractivity (Wildman–Crippen MR) is 89.8 cm³/mol. The van der Waals surface area contributed by atoms with Crippen molar-refractivity contribution in [2.75, 3.05) is 0 Å². The lowest BCUT2D eigenvalue weighted by Crippen LogP contribution is -2.10. The number of hydrogen-bond donors (Lipinski definition) is 0. The summed E-state index contributed by atoms with van der Waals surface area (Å²) < 4.78 is 2.07. The highest BCUT2D eigenvalue weighted by Crippen LogP contribution is 2.28. The highest BCUT2D eigenvalue weighted by molar-refractivity contribution is 5.87. The van der Waals surface area contributed by atoms with Gasteiger partial charge in [0.1, 0.15) is 17.5 Å². The van der Waals surface area contributed by atoms with Crippen LogP contribution in [0.3, 0.4) is 0 Å². The molecule has 4 heteroatoms. The first-order chi connectivity index (χ1) is 10.4. The maximum Gasteiger partial charge on any atom is 0.164 e. The van der Waals surface area contributed by atoms with Crippen molar-refractivity contribution in [2.24, 2.45) is 0 Å². The average molecular weight is 294 g/mol. The fourth-order valence-electron chi connectivity index (χ4n) is 2.57. The van der Waals surface area contributed by atoms with Gasteiger partial charge in [0.25, 0.3) is 0 Å². The fraction of sp³-hybridized carbons (Fsp3) is 0.389. The Morgan fingerprint density at radius 2 is 1.64 bits per heavy atom. The summed E-state index contributed by atoms with van der Waals surface area (Å²) in [4.78, 5) is 13.4. The van der Waals surface area contributed by atoms with Crippen LogP contribution in [0.5, 0.6) is 0 Å². The van der Waals surface area contributed by atoms with Crippen molar-refractivity contribution in [3.05, 3.63) is 42.5 Å². The summed E-state index contributed by atoms with van der Waals surface area (Å²) in [5.74, 6) is 0. The minimum absolute atomic E-state index is 0.152. The van der Waals surface area contributed by atoms with Gasteiger partial charge in [0.05, 0.1) is 6.33 Å². The maximum absolute atomic E-state index is 4.53. The van der Waals surface area contributed by atoms with Crippen molar-refractivity contribution in [3.8, 4) is 11.3 Å². The molecule has 0 fully saturated rings. The van der Waals surface area contributed by atoms with Gasteiger partial charge in [0, 0.05) is 11.6 Å². The Hall–Kier alpha value is -2.23. The molecule has 0 spiro atoms. The topological polar surface area (TPSA) is 43.6 Å². The molecule has 0 saturated carbocycles. The number of nitrogens with zero attached hydrogens (tertiary/aromatic N) is 4. The lowest BCUT2D eigenvalue weighted by atomic mass is 9.86. The van der Waals surface area contributed by atoms with E-state index in [0.29, 0.717) is 6.04 Å². The highest BCUT2D eigenvalue weighted by Gasteiger charge is 2.16. The number of imidazole rings is 1. The second-order valence-corrected chi connectivity index (χ2v) is 6.97. The van der Waals surface area contributed by atoms with Gasteiger partial charge in [-0.1, -0.05) is 45.0 Å². The summed E-state index contributed by atoms with van der Waals surface area (Å²) in [6, 6.07) is 8.91. The summed E-state index contributed by atoms with van der Waals surface area (Å²) >= 11 is 0. The molecular formula is C18H22N4. The van der Waals surface area contributed by atoms with Gasteiger partial charge in [-0.05, 0) is 24.8 Å². The molecule has 4 nitrogen and oxygen atoms in total. The van der Waals surface area contributed by atoms with Crippen molar-refractivity contribution in [1.82, 2.24) is 19.5 Å². The predicted octanol–water partition coefficient (Wildman–Crippen LogP) is 4.37. The molecule has 0 aliphatic rings. The number of fused-ring (bicyclic) bond motifs is 1. The summed E-state index contributed by atoms with van der Waals surface area (Å²) in [5, 5.41) is 0. The molecule has 0 N–H and O–H groups in total. The summed E-state index contributed by atoms with van der Waals surface area (Å²) in [6.45, 7) is 10.9. The molecular weight excluding hydrogens is 272 g/mol. The third-order valence-corrected chi connectivity index (χ3v) is 3.94. The van der Waals surface area contributed by atoms with Crippen LogP contribution in [0, 0.1) is 0 Å². The van der Waals surface area contributed by atoms with Crippen LogP contribution in [-0.4, -0.2) is 19.5 Å². The summed E-state index contributed by atoms with van der Waals surface area (Å²) in [6.07, 6.45) is 3.47. The largest absolute Gasteiger partial charge is 0.313 e. The Labute approximate surface area is 131 Å². The zero-order valence-corrected chi connectivity index (χ0v) is 13.8. The van der Waals surface area contributed by atoms with Gasteiger partial charge in [-0.15, -0.1) is 0 Å². The number of aromatic nitrogens is 4. The van der Waals surface area contributed by atoms with Crippen molar-refractivity contribution in [1.29, 1.82) is 0 Å². The number of benzene rings is 1. The zero-order chi connectivity index (χ0) is 15.9. The molecule has 0 radical (unpaired) electrons. The van der Waals surface area contributed by atoms with Crippen LogP contribution in [0.25, 0.3) is 22.4 Å². The smallest absolute Gasteiger partial charge is 0.164 e. The van der Waals surface area contributed by atoms with Gasteiger partial charge in [-0.2, -0.15) is 0 Å². The van der Waals surface area contributed by atoms with Gasteiger partial charge in [0.2, 0.25) is 0 Å². The van der Waals surface area contributed by atoms with Crippen molar-refractivity contribution in [3.63, 3.8) is 0 Å².